The first-order valence-electron chi connectivity index (χ1n) is 9.18. The molecule has 1 atom stereocenters. The highest BCUT2D eigenvalue weighted by Gasteiger charge is 2.18. The zero-order valence-electron chi connectivity index (χ0n) is 14.3. The average molecular weight is 332 g/mol. The summed E-state index contributed by atoms with van der Waals surface area (Å²) in [6, 6.07) is 8.10. The van der Waals surface area contributed by atoms with Crippen molar-refractivity contribution < 1.29 is 14.3 Å². The van der Waals surface area contributed by atoms with E-state index in [9.17, 15) is 4.79 Å². The van der Waals surface area contributed by atoms with E-state index < -0.39 is 0 Å². The quantitative estimate of drug-likeness (QED) is 0.805. The number of hydrogen-bond acceptors (Lipinski definition) is 4. The minimum Gasteiger partial charge on any atom is -0.489 e. The molecule has 1 aromatic carbocycles. The van der Waals surface area contributed by atoms with E-state index in [1.165, 1.54) is 19.3 Å². The molecule has 5 nitrogen and oxygen atoms in total. The topological polar surface area (TPSA) is 59.6 Å². The van der Waals surface area contributed by atoms with Crippen LogP contribution >= 0.6 is 0 Å². The maximum atomic E-state index is 12.1. The van der Waals surface area contributed by atoms with Crippen molar-refractivity contribution in [3.63, 3.8) is 0 Å². The molecular weight excluding hydrogens is 304 g/mol. The number of para-hydroxylation sites is 2. The largest absolute Gasteiger partial charge is 0.489 e. The fraction of sp³-hybridized carbons (Fsp3) is 0.632. The molecule has 0 spiro atoms. The maximum Gasteiger partial charge on any atom is 0.239 e. The van der Waals surface area contributed by atoms with Crippen LogP contribution in [0.25, 0.3) is 0 Å². The summed E-state index contributed by atoms with van der Waals surface area (Å²) < 4.78 is 11.5. The van der Waals surface area contributed by atoms with Crippen molar-refractivity contribution in [2.75, 3.05) is 25.1 Å². The highest BCUT2D eigenvalue weighted by molar-refractivity contribution is 5.81. The zero-order chi connectivity index (χ0) is 16.6. The lowest BCUT2D eigenvalue weighted by Crippen LogP contribution is -2.39. The molecule has 0 radical (unpaired) electrons. The van der Waals surface area contributed by atoms with Crippen LogP contribution in [0.1, 0.15) is 44.9 Å². The summed E-state index contributed by atoms with van der Waals surface area (Å²) in [6.07, 6.45) is 8.29. The van der Waals surface area contributed by atoms with Crippen molar-refractivity contribution in [2.24, 2.45) is 0 Å². The van der Waals surface area contributed by atoms with Gasteiger partial charge in [0.1, 0.15) is 12.4 Å². The first kappa shape index (κ1) is 17.1. The van der Waals surface area contributed by atoms with Crippen LogP contribution in [0.2, 0.25) is 0 Å². The molecule has 2 aliphatic rings. The number of carbonyl (C=O) groups is 1. The molecule has 1 aliphatic carbocycles. The predicted octanol–water partition coefficient (Wildman–Crippen LogP) is 3.11. The van der Waals surface area contributed by atoms with Gasteiger partial charge in [0.25, 0.3) is 0 Å². The number of benzene rings is 1. The van der Waals surface area contributed by atoms with E-state index >= 15 is 0 Å². The molecule has 1 saturated heterocycles. The van der Waals surface area contributed by atoms with Crippen molar-refractivity contribution in [1.82, 2.24) is 5.32 Å². The summed E-state index contributed by atoms with van der Waals surface area (Å²) in [5.74, 6) is 0.828. The molecule has 132 valence electrons. The Bertz CT molecular complexity index is 523. The van der Waals surface area contributed by atoms with Gasteiger partial charge in [-0.2, -0.15) is 0 Å². The van der Waals surface area contributed by atoms with Crippen molar-refractivity contribution >= 4 is 11.6 Å². The van der Waals surface area contributed by atoms with Gasteiger partial charge < -0.3 is 20.1 Å². The van der Waals surface area contributed by atoms with E-state index in [4.69, 9.17) is 9.47 Å². The molecule has 1 amide bonds. The maximum absolute atomic E-state index is 12.1. The molecule has 2 N–H and O–H groups in total. The summed E-state index contributed by atoms with van der Waals surface area (Å²) in [6.45, 7) is 1.67. The van der Waals surface area contributed by atoms with E-state index in [1.54, 1.807) is 0 Å². The van der Waals surface area contributed by atoms with Crippen LogP contribution in [0.15, 0.2) is 24.3 Å². The monoisotopic (exact) mass is 332 g/mol. The lowest BCUT2D eigenvalue weighted by molar-refractivity contribution is -0.120. The third kappa shape index (κ3) is 5.13. The number of amides is 1. The fourth-order valence-corrected chi connectivity index (χ4v) is 3.40. The Morgan fingerprint density at radius 1 is 1.12 bits per heavy atom. The Hall–Kier alpha value is -1.75. The van der Waals surface area contributed by atoms with E-state index in [0.717, 1.165) is 43.7 Å². The highest BCUT2D eigenvalue weighted by Crippen LogP contribution is 2.25. The minimum atomic E-state index is 0.0517. The third-order valence-corrected chi connectivity index (χ3v) is 4.75. The smallest absolute Gasteiger partial charge is 0.239 e. The second kappa shape index (κ2) is 8.92. The highest BCUT2D eigenvalue weighted by atomic mass is 16.5. The Balaban J connectivity index is 1.46. The summed E-state index contributed by atoms with van der Waals surface area (Å²) in [5, 5.41) is 6.32. The molecular formula is C19H28N2O3. The van der Waals surface area contributed by atoms with Gasteiger partial charge in [-0.1, -0.05) is 31.4 Å². The van der Waals surface area contributed by atoms with E-state index in [2.05, 4.69) is 10.6 Å². The lowest BCUT2D eigenvalue weighted by atomic mass is 9.95. The summed E-state index contributed by atoms with van der Waals surface area (Å²) >= 11 is 0. The number of nitrogens with one attached hydrogen (secondary N) is 2. The second-order valence-corrected chi connectivity index (χ2v) is 6.70. The van der Waals surface area contributed by atoms with E-state index in [1.807, 2.05) is 24.3 Å². The van der Waals surface area contributed by atoms with Crippen LogP contribution in [-0.4, -0.2) is 37.8 Å². The molecule has 0 bridgehead atoms. The first-order valence-corrected chi connectivity index (χ1v) is 9.18. The number of hydrogen-bond donors (Lipinski definition) is 2. The van der Waals surface area contributed by atoms with Crippen molar-refractivity contribution in [3.05, 3.63) is 24.3 Å². The molecule has 1 heterocycles. The van der Waals surface area contributed by atoms with Crippen molar-refractivity contribution in [2.45, 2.75) is 57.1 Å². The van der Waals surface area contributed by atoms with Gasteiger partial charge in [0.15, 0.2) is 0 Å². The minimum absolute atomic E-state index is 0.0517. The first-order chi connectivity index (χ1) is 11.8. The lowest BCUT2D eigenvalue weighted by Gasteiger charge is -2.23. The Kier molecular flexibility index (Phi) is 6.35. The Morgan fingerprint density at radius 2 is 1.96 bits per heavy atom. The zero-order valence-corrected chi connectivity index (χ0v) is 14.3. The van der Waals surface area contributed by atoms with Crippen LogP contribution in [0.4, 0.5) is 5.69 Å². The van der Waals surface area contributed by atoms with Crippen LogP contribution in [0.5, 0.6) is 5.75 Å². The standard InChI is InChI=1S/C19H28N2O3/c22-19(21-15-7-2-1-3-8-15)13-20-17-10-4-5-11-18(17)24-14-16-9-6-12-23-16/h4-5,10-11,15-16,20H,1-3,6-9,12-14H2,(H,21,22). The fourth-order valence-electron chi connectivity index (χ4n) is 3.40. The van der Waals surface area contributed by atoms with Gasteiger partial charge in [-0.3, -0.25) is 4.79 Å². The molecule has 0 aromatic heterocycles. The molecule has 2 fully saturated rings. The Labute approximate surface area is 144 Å². The number of anilines is 1. The van der Waals surface area contributed by atoms with Crippen molar-refractivity contribution in [3.8, 4) is 5.75 Å². The summed E-state index contributed by atoms with van der Waals surface area (Å²) in [5.41, 5.74) is 0.856. The van der Waals surface area contributed by atoms with E-state index in [-0.39, 0.29) is 18.6 Å². The third-order valence-electron chi connectivity index (χ3n) is 4.75. The van der Waals surface area contributed by atoms with Gasteiger partial charge in [0.2, 0.25) is 5.91 Å². The van der Waals surface area contributed by atoms with Gasteiger partial charge in [-0.15, -0.1) is 0 Å². The van der Waals surface area contributed by atoms with Gasteiger partial charge in [0.05, 0.1) is 18.3 Å². The second-order valence-electron chi connectivity index (χ2n) is 6.70. The summed E-state index contributed by atoms with van der Waals surface area (Å²) in [7, 11) is 0. The normalized spacial score (nSPS) is 21.4. The molecule has 1 unspecified atom stereocenters. The molecule has 1 aromatic rings. The number of ether oxygens (including phenoxy) is 2. The SMILES string of the molecule is O=C(CNc1ccccc1OCC1CCCO1)NC1CCCCC1. The van der Waals surface area contributed by atoms with Crippen LogP contribution in [0.3, 0.4) is 0 Å². The van der Waals surface area contributed by atoms with Gasteiger partial charge in [-0.25, -0.2) is 0 Å². The van der Waals surface area contributed by atoms with Crippen LogP contribution < -0.4 is 15.4 Å². The molecule has 24 heavy (non-hydrogen) atoms. The van der Waals surface area contributed by atoms with Crippen LogP contribution in [-0.2, 0) is 9.53 Å². The molecule has 1 aliphatic heterocycles. The van der Waals surface area contributed by atoms with Gasteiger partial charge >= 0.3 is 0 Å². The van der Waals surface area contributed by atoms with Gasteiger partial charge in [0, 0.05) is 12.6 Å². The number of rotatable bonds is 7. The predicted molar refractivity (Wildman–Crippen MR) is 94.4 cm³/mol. The van der Waals surface area contributed by atoms with Gasteiger partial charge in [-0.05, 0) is 37.8 Å². The van der Waals surface area contributed by atoms with Crippen LogP contribution in [0, 0.1) is 0 Å². The van der Waals surface area contributed by atoms with E-state index in [0.29, 0.717) is 12.6 Å². The summed E-state index contributed by atoms with van der Waals surface area (Å²) in [4.78, 5) is 12.1. The molecule has 1 saturated carbocycles. The number of carbonyl (C=O) groups excluding carboxylic acids is 1. The molecule has 3 rings (SSSR count). The molecule has 5 heteroatoms. The average Bonchev–Trinajstić information content (AvgIpc) is 3.13. The Morgan fingerprint density at radius 3 is 2.75 bits per heavy atom. The van der Waals surface area contributed by atoms with Crippen molar-refractivity contribution in [1.29, 1.82) is 0 Å².